The fourth-order valence-electron chi connectivity index (χ4n) is 6.01. The van der Waals surface area contributed by atoms with E-state index in [2.05, 4.69) is 0 Å². The molecule has 2 saturated heterocycles. The summed E-state index contributed by atoms with van der Waals surface area (Å²) < 4.78 is 52.6. The number of cyclic esters (lactones) is 2. The molecule has 0 aromatic rings. The van der Waals surface area contributed by atoms with Crippen molar-refractivity contribution < 1.29 is 95.9 Å². The molecule has 2 N–H and O–H groups in total. The van der Waals surface area contributed by atoms with Gasteiger partial charge in [-0.1, -0.05) is 36.5 Å². The number of aliphatic hydroxyl groups is 2. The van der Waals surface area contributed by atoms with Crippen LogP contribution in [0.2, 0.25) is 0 Å². The minimum Gasteiger partial charge on any atom is -0.480 e. The lowest BCUT2D eigenvalue weighted by Gasteiger charge is -2.45. The number of hydrogen-bond acceptors (Lipinski definition) is 20. The first-order valence-electron chi connectivity index (χ1n) is 18.3. The minimum absolute atomic E-state index is 0.0431. The number of aliphatic hydroxyl groups excluding tert-OH is 2. The summed E-state index contributed by atoms with van der Waals surface area (Å²) >= 11 is 0. The van der Waals surface area contributed by atoms with Gasteiger partial charge in [-0.15, -0.1) is 0 Å². The molecule has 4 heterocycles. The Morgan fingerprint density at radius 1 is 0.517 bits per heavy atom. The van der Waals surface area contributed by atoms with Gasteiger partial charge in [-0.2, -0.15) is 0 Å². The average molecular weight is 841 g/mol. The van der Waals surface area contributed by atoms with Crippen LogP contribution < -0.4 is 0 Å². The number of hydrogen-bond donors (Lipinski definition) is 2. The van der Waals surface area contributed by atoms with E-state index in [1.54, 1.807) is 0 Å². The van der Waals surface area contributed by atoms with Crippen LogP contribution in [0.1, 0.15) is 66.2 Å². The van der Waals surface area contributed by atoms with Crippen molar-refractivity contribution in [3.63, 3.8) is 0 Å². The van der Waals surface area contributed by atoms with Crippen LogP contribution in [0, 0.1) is 0 Å². The third-order valence-electron chi connectivity index (χ3n) is 9.13. The van der Waals surface area contributed by atoms with Crippen molar-refractivity contribution in [3.05, 3.63) is 94.9 Å². The highest BCUT2D eigenvalue weighted by Crippen LogP contribution is 2.45. The van der Waals surface area contributed by atoms with Crippen LogP contribution in [0.3, 0.4) is 0 Å². The molecule has 5 rings (SSSR count). The van der Waals surface area contributed by atoms with Crippen molar-refractivity contribution in [1.82, 2.24) is 0 Å². The van der Waals surface area contributed by atoms with E-state index in [9.17, 15) is 48.6 Å². The Bertz CT molecular complexity index is 1910. The summed E-state index contributed by atoms with van der Waals surface area (Å²) in [4.78, 5) is 98.4. The van der Waals surface area contributed by atoms with Gasteiger partial charge in [0.15, 0.2) is 0 Å². The van der Waals surface area contributed by atoms with Gasteiger partial charge in [0.05, 0.1) is 26.1 Å². The van der Waals surface area contributed by atoms with E-state index >= 15 is 0 Å². The van der Waals surface area contributed by atoms with Crippen molar-refractivity contribution in [3.8, 4) is 0 Å². The molecule has 0 bridgehead atoms. The van der Waals surface area contributed by atoms with Gasteiger partial charge < -0.3 is 57.6 Å². The molecular weight excluding hydrogens is 800 g/mol. The first-order chi connectivity index (χ1) is 28.3. The Labute approximate surface area is 340 Å². The smallest absolute Gasteiger partial charge is 0.348 e. The Kier molecular flexibility index (Phi) is 13.0. The molecule has 4 aliphatic heterocycles. The monoisotopic (exact) mass is 840 g/mol. The molecule has 0 aromatic heterocycles. The average Bonchev–Trinajstić information content (AvgIpc) is 3.13. The minimum atomic E-state index is -1.72. The number of carbonyl (C=O) groups is 8. The zero-order chi connectivity index (χ0) is 43.9. The van der Waals surface area contributed by atoms with Gasteiger partial charge in [0.2, 0.25) is 0 Å². The van der Waals surface area contributed by atoms with Gasteiger partial charge in [0.1, 0.15) is 22.3 Å². The molecule has 20 nitrogen and oxygen atoms in total. The molecule has 2 unspecified atom stereocenters. The van der Waals surface area contributed by atoms with E-state index in [0.29, 0.717) is 0 Å². The molecule has 320 valence electrons. The third kappa shape index (κ3) is 10.7. The van der Waals surface area contributed by atoms with Crippen LogP contribution >= 0.6 is 0 Å². The van der Waals surface area contributed by atoms with Gasteiger partial charge in [-0.05, 0) is 24.3 Å². The molecular formula is C40H40O20. The predicted octanol–water partition coefficient (Wildman–Crippen LogP) is 3.26. The van der Waals surface area contributed by atoms with Crippen LogP contribution in [0.5, 0.6) is 0 Å². The van der Waals surface area contributed by atoms with Crippen LogP contribution in [0.15, 0.2) is 94.9 Å². The van der Waals surface area contributed by atoms with Crippen LogP contribution in [-0.2, 0) is 85.7 Å². The highest BCUT2D eigenvalue weighted by atomic mass is 16.8. The lowest BCUT2D eigenvalue weighted by atomic mass is 9.87. The summed E-state index contributed by atoms with van der Waals surface area (Å²) in [5.41, 5.74) is -1.56. The van der Waals surface area contributed by atoms with E-state index in [4.69, 9.17) is 47.4 Å². The number of allylic oxidation sites excluding steroid dienone is 8. The maximum Gasteiger partial charge on any atom is 0.348 e. The topological polar surface area (TPSA) is 269 Å². The summed E-state index contributed by atoms with van der Waals surface area (Å²) in [5, 5.41) is 20.5. The van der Waals surface area contributed by atoms with Crippen molar-refractivity contribution in [2.45, 2.75) is 89.4 Å². The zero-order valence-corrected chi connectivity index (χ0v) is 32.7. The maximum atomic E-state index is 12.9. The fourth-order valence-corrected chi connectivity index (χ4v) is 6.01. The summed E-state index contributed by atoms with van der Waals surface area (Å²) in [7, 11) is 0. The second-order valence-electron chi connectivity index (χ2n) is 13.9. The van der Waals surface area contributed by atoms with E-state index in [-0.39, 0.29) is 62.9 Å². The molecule has 3 fully saturated rings. The molecule has 0 amide bonds. The van der Waals surface area contributed by atoms with E-state index < -0.39 is 93.9 Å². The summed E-state index contributed by atoms with van der Waals surface area (Å²) in [5.74, 6) is -15.0. The van der Waals surface area contributed by atoms with Gasteiger partial charge in [-0.25, -0.2) is 28.8 Å². The number of ether oxygens (including phenoxy) is 10. The van der Waals surface area contributed by atoms with Crippen LogP contribution in [0.4, 0.5) is 0 Å². The SMILES string of the molecule is CC(=O)OCCC1(C)OC(=O)C(/C=C/C=C/C=C2C(=O)OC3(CCC4(CC3)OC(=O)C(=C/C=C/C=C/C3=C(O)OC(C)(CCOC(C)=O)OC3=O)C(=O)O4)OC2=O)=C(O)O1. The van der Waals surface area contributed by atoms with Gasteiger partial charge in [0, 0.05) is 53.4 Å². The molecule has 0 radical (unpaired) electrons. The van der Waals surface area contributed by atoms with E-state index in [1.165, 1.54) is 64.2 Å². The van der Waals surface area contributed by atoms with Crippen LogP contribution in [0.25, 0.3) is 0 Å². The molecule has 5 aliphatic rings. The normalized spacial score (nSPS) is 28.3. The maximum absolute atomic E-state index is 12.9. The second kappa shape index (κ2) is 17.8. The predicted molar refractivity (Wildman–Crippen MR) is 194 cm³/mol. The number of rotatable bonds is 12. The standard InChI is InChI=1S/C40H40O20/c1-23(41)51-21-19-37(3)53-29(43)25(30(44)54-37)11-7-5-9-13-27-33(47)57-39(58-34(27)48)15-17-40(18-16-39)59-35(49)28(36(50)60-40)14-10-6-8-12-26-31(45)55-38(4,56-32(26)46)20-22-52-24(2)42/h5-14,43,45H,15-22H2,1-4H3/b9-5+,10-6+,11-7+,12-8+,27-13?,28-14?. The molecule has 20 heteroatoms. The quantitative estimate of drug-likeness (QED) is 0.0938. The Morgan fingerprint density at radius 2 is 0.850 bits per heavy atom. The first kappa shape index (κ1) is 44.0. The van der Waals surface area contributed by atoms with Gasteiger partial charge >= 0.3 is 47.8 Å². The first-order valence-corrected chi connectivity index (χ1v) is 18.3. The highest BCUT2D eigenvalue weighted by Gasteiger charge is 2.57. The third-order valence-corrected chi connectivity index (χ3v) is 9.13. The zero-order valence-electron chi connectivity index (χ0n) is 32.7. The molecule has 2 atom stereocenters. The summed E-state index contributed by atoms with van der Waals surface area (Å²) in [6, 6.07) is 0. The van der Waals surface area contributed by atoms with Crippen molar-refractivity contribution >= 4 is 47.8 Å². The Hall–Kier alpha value is -7.12. The van der Waals surface area contributed by atoms with E-state index in [0.717, 1.165) is 24.3 Å². The van der Waals surface area contributed by atoms with Crippen LogP contribution in [-0.4, -0.2) is 94.3 Å². The summed E-state index contributed by atoms with van der Waals surface area (Å²) in [6.45, 7) is 4.94. The molecule has 0 aromatic carbocycles. The second-order valence-corrected chi connectivity index (χ2v) is 13.9. The fraction of sp³-hybridized carbons (Fsp3) is 0.400. The Balaban J connectivity index is 1.11. The van der Waals surface area contributed by atoms with Gasteiger partial charge in [-0.3, -0.25) is 9.59 Å². The molecule has 1 saturated carbocycles. The number of carbonyl (C=O) groups excluding carboxylic acids is 8. The Morgan fingerprint density at radius 3 is 1.15 bits per heavy atom. The van der Waals surface area contributed by atoms with Crippen molar-refractivity contribution in [2.24, 2.45) is 0 Å². The molecule has 60 heavy (non-hydrogen) atoms. The largest absolute Gasteiger partial charge is 0.480 e. The highest BCUT2D eigenvalue weighted by molar-refractivity contribution is 6.16. The lowest BCUT2D eigenvalue weighted by Crippen LogP contribution is -2.56. The van der Waals surface area contributed by atoms with Crippen molar-refractivity contribution in [1.29, 1.82) is 0 Å². The van der Waals surface area contributed by atoms with E-state index in [1.807, 2.05) is 0 Å². The molecule has 2 spiro atoms. The number of esters is 8. The lowest BCUT2D eigenvalue weighted by molar-refractivity contribution is -0.291. The summed E-state index contributed by atoms with van der Waals surface area (Å²) in [6.07, 6.45) is 11.5. The van der Waals surface area contributed by atoms with Crippen molar-refractivity contribution in [2.75, 3.05) is 13.2 Å². The van der Waals surface area contributed by atoms with Gasteiger partial charge in [0.25, 0.3) is 35.0 Å². The molecule has 1 aliphatic carbocycles.